The fourth-order valence-electron chi connectivity index (χ4n) is 2.51. The van der Waals surface area contributed by atoms with E-state index < -0.39 is 0 Å². The zero-order valence-corrected chi connectivity index (χ0v) is 15.3. The van der Waals surface area contributed by atoms with Crippen LogP contribution in [0.3, 0.4) is 0 Å². The molecule has 1 unspecified atom stereocenters. The number of hydrogen-bond acceptors (Lipinski definition) is 3. The number of aromatic nitrogens is 3. The maximum Gasteiger partial charge on any atom is 0.191 e. The van der Waals surface area contributed by atoms with E-state index in [1.54, 1.807) is 6.33 Å². The lowest BCUT2D eigenvalue weighted by molar-refractivity contribution is 0.536. The van der Waals surface area contributed by atoms with Gasteiger partial charge in [-0.2, -0.15) is 0 Å². The van der Waals surface area contributed by atoms with Crippen molar-refractivity contribution in [3.05, 3.63) is 12.2 Å². The molecule has 2 N–H and O–H groups in total. The highest BCUT2D eigenvalue weighted by Gasteiger charge is 2.05. The van der Waals surface area contributed by atoms with Crippen LogP contribution >= 0.6 is 0 Å². The molecule has 0 fully saturated rings. The number of rotatable bonds is 11. The smallest absolute Gasteiger partial charge is 0.191 e. The molecule has 1 rings (SSSR count). The zero-order chi connectivity index (χ0) is 16.9. The Kier molecular flexibility index (Phi) is 10.1. The van der Waals surface area contributed by atoms with E-state index in [-0.39, 0.29) is 0 Å². The minimum atomic E-state index is 0.450. The summed E-state index contributed by atoms with van der Waals surface area (Å²) in [6, 6.07) is 0.450. The molecule has 1 aromatic rings. The molecule has 6 nitrogen and oxygen atoms in total. The first-order valence-corrected chi connectivity index (χ1v) is 9.12. The van der Waals surface area contributed by atoms with Crippen molar-refractivity contribution in [1.29, 1.82) is 0 Å². The molecule has 1 aromatic heterocycles. The van der Waals surface area contributed by atoms with Crippen LogP contribution in [0.15, 0.2) is 11.3 Å². The van der Waals surface area contributed by atoms with Gasteiger partial charge in [0.1, 0.15) is 12.2 Å². The first kappa shape index (κ1) is 19.5. The van der Waals surface area contributed by atoms with Crippen molar-refractivity contribution in [3.8, 4) is 0 Å². The number of hydrogen-bond donors (Lipinski definition) is 2. The van der Waals surface area contributed by atoms with Crippen LogP contribution in [0, 0.1) is 0 Å². The Morgan fingerprint density at radius 2 is 2.09 bits per heavy atom. The number of nitrogens with one attached hydrogen (secondary N) is 2. The summed E-state index contributed by atoms with van der Waals surface area (Å²) in [5, 5.41) is 14.9. The minimum Gasteiger partial charge on any atom is -0.357 e. The van der Waals surface area contributed by atoms with Crippen molar-refractivity contribution >= 4 is 5.96 Å². The Labute approximate surface area is 141 Å². The SMILES string of the molecule is CCCCCCC(C)NC(=NCCn1cnnc1CC)NCC. The Hall–Kier alpha value is -1.59. The van der Waals surface area contributed by atoms with Crippen molar-refractivity contribution in [2.24, 2.45) is 4.99 Å². The van der Waals surface area contributed by atoms with Gasteiger partial charge in [-0.15, -0.1) is 10.2 Å². The van der Waals surface area contributed by atoms with Gasteiger partial charge >= 0.3 is 0 Å². The molecular weight excluding hydrogens is 288 g/mol. The number of nitrogens with zero attached hydrogens (tertiary/aromatic N) is 4. The standard InChI is InChI=1S/C17H34N6/c1-5-8-9-10-11-15(4)21-17(18-7-3)19-12-13-23-14-20-22-16(23)6-2/h14-15H,5-13H2,1-4H3,(H2,18,19,21). The second-order valence-corrected chi connectivity index (χ2v) is 5.95. The lowest BCUT2D eigenvalue weighted by atomic mass is 10.1. The molecule has 1 atom stereocenters. The number of guanidine groups is 1. The summed E-state index contributed by atoms with van der Waals surface area (Å²) < 4.78 is 2.07. The molecule has 0 saturated carbocycles. The summed E-state index contributed by atoms with van der Waals surface area (Å²) in [6.07, 6.45) is 9.09. The lowest BCUT2D eigenvalue weighted by Crippen LogP contribution is -2.42. The molecule has 0 amide bonds. The molecule has 0 aliphatic carbocycles. The van der Waals surface area contributed by atoms with E-state index in [9.17, 15) is 0 Å². The van der Waals surface area contributed by atoms with Crippen LogP contribution in [0.4, 0.5) is 0 Å². The Bertz CT molecular complexity index is 440. The quantitative estimate of drug-likeness (QED) is 0.373. The van der Waals surface area contributed by atoms with Gasteiger partial charge in [0.05, 0.1) is 6.54 Å². The summed E-state index contributed by atoms with van der Waals surface area (Å²) >= 11 is 0. The predicted octanol–water partition coefficient (Wildman–Crippen LogP) is 2.75. The lowest BCUT2D eigenvalue weighted by Gasteiger charge is -2.17. The second kappa shape index (κ2) is 11.9. The van der Waals surface area contributed by atoms with Crippen molar-refractivity contribution in [3.63, 3.8) is 0 Å². The van der Waals surface area contributed by atoms with Gasteiger partial charge in [-0.3, -0.25) is 4.99 Å². The van der Waals surface area contributed by atoms with E-state index in [2.05, 4.69) is 58.1 Å². The van der Waals surface area contributed by atoms with E-state index in [4.69, 9.17) is 0 Å². The third kappa shape index (κ3) is 8.00. The topological polar surface area (TPSA) is 67.1 Å². The van der Waals surface area contributed by atoms with Gasteiger partial charge in [0.25, 0.3) is 0 Å². The largest absolute Gasteiger partial charge is 0.357 e. The summed E-state index contributed by atoms with van der Waals surface area (Å²) in [4.78, 5) is 4.67. The van der Waals surface area contributed by atoms with Gasteiger partial charge in [0, 0.05) is 25.6 Å². The van der Waals surface area contributed by atoms with Gasteiger partial charge < -0.3 is 15.2 Å². The van der Waals surface area contributed by atoms with Gasteiger partial charge in [-0.1, -0.05) is 39.5 Å². The second-order valence-electron chi connectivity index (χ2n) is 5.95. The first-order valence-electron chi connectivity index (χ1n) is 9.12. The zero-order valence-electron chi connectivity index (χ0n) is 15.3. The Morgan fingerprint density at radius 1 is 1.26 bits per heavy atom. The molecule has 6 heteroatoms. The van der Waals surface area contributed by atoms with Crippen molar-refractivity contribution in [2.45, 2.75) is 78.8 Å². The van der Waals surface area contributed by atoms with Crippen LogP contribution in [0.1, 0.15) is 65.6 Å². The fraction of sp³-hybridized carbons (Fsp3) is 0.824. The number of unbranched alkanes of at least 4 members (excludes halogenated alkanes) is 3. The molecule has 0 spiro atoms. The third-order valence-electron chi connectivity index (χ3n) is 3.84. The van der Waals surface area contributed by atoms with Crippen LogP contribution in [-0.2, 0) is 13.0 Å². The predicted molar refractivity (Wildman–Crippen MR) is 96.7 cm³/mol. The van der Waals surface area contributed by atoms with E-state index >= 15 is 0 Å². The van der Waals surface area contributed by atoms with E-state index in [0.717, 1.165) is 37.8 Å². The molecule has 0 radical (unpaired) electrons. The van der Waals surface area contributed by atoms with Gasteiger partial charge in [0.2, 0.25) is 0 Å². The van der Waals surface area contributed by atoms with Crippen LogP contribution in [0.2, 0.25) is 0 Å². The van der Waals surface area contributed by atoms with Gasteiger partial charge in [-0.25, -0.2) is 0 Å². The van der Waals surface area contributed by atoms with Crippen LogP contribution in [0.5, 0.6) is 0 Å². The van der Waals surface area contributed by atoms with E-state index in [1.165, 1.54) is 32.1 Å². The van der Waals surface area contributed by atoms with Crippen LogP contribution in [-0.4, -0.2) is 39.9 Å². The highest BCUT2D eigenvalue weighted by atomic mass is 15.3. The van der Waals surface area contributed by atoms with Crippen molar-refractivity contribution < 1.29 is 0 Å². The van der Waals surface area contributed by atoms with Crippen LogP contribution in [0.25, 0.3) is 0 Å². The van der Waals surface area contributed by atoms with Crippen molar-refractivity contribution in [2.75, 3.05) is 13.1 Å². The summed E-state index contributed by atoms with van der Waals surface area (Å²) in [7, 11) is 0. The molecule has 0 bridgehead atoms. The fourth-order valence-corrected chi connectivity index (χ4v) is 2.51. The highest BCUT2D eigenvalue weighted by molar-refractivity contribution is 5.79. The molecule has 1 heterocycles. The summed E-state index contributed by atoms with van der Waals surface area (Å²) in [5.74, 6) is 1.92. The molecule has 0 aliphatic rings. The minimum absolute atomic E-state index is 0.450. The average molecular weight is 323 g/mol. The average Bonchev–Trinajstić information content (AvgIpc) is 2.99. The van der Waals surface area contributed by atoms with Crippen LogP contribution < -0.4 is 10.6 Å². The molecule has 0 saturated heterocycles. The normalized spacial score (nSPS) is 13.1. The van der Waals surface area contributed by atoms with E-state index in [1.807, 2.05) is 0 Å². The third-order valence-corrected chi connectivity index (χ3v) is 3.84. The Morgan fingerprint density at radius 3 is 2.78 bits per heavy atom. The Balaban J connectivity index is 2.40. The molecule has 132 valence electrons. The van der Waals surface area contributed by atoms with Gasteiger partial charge in [0.15, 0.2) is 5.96 Å². The highest BCUT2D eigenvalue weighted by Crippen LogP contribution is 2.05. The molecule has 0 aromatic carbocycles. The molecule has 23 heavy (non-hydrogen) atoms. The summed E-state index contributed by atoms with van der Waals surface area (Å²) in [5.41, 5.74) is 0. The maximum atomic E-state index is 4.67. The molecular formula is C17H34N6. The number of aliphatic imine (C=N–C) groups is 1. The monoisotopic (exact) mass is 322 g/mol. The van der Waals surface area contributed by atoms with Gasteiger partial charge in [-0.05, 0) is 20.3 Å². The number of aryl methyl sites for hydroxylation is 1. The molecule has 0 aliphatic heterocycles. The van der Waals surface area contributed by atoms with E-state index in [0.29, 0.717) is 6.04 Å². The maximum absolute atomic E-state index is 4.67. The van der Waals surface area contributed by atoms with Crippen molar-refractivity contribution in [1.82, 2.24) is 25.4 Å². The summed E-state index contributed by atoms with van der Waals surface area (Å²) in [6.45, 7) is 11.1. The first-order chi connectivity index (χ1) is 11.2.